The van der Waals surface area contributed by atoms with E-state index in [1.54, 1.807) is 6.20 Å². The van der Waals surface area contributed by atoms with Gasteiger partial charge in [0.25, 0.3) is 0 Å². The fraction of sp³-hybridized carbons (Fsp3) is 0.733. The van der Waals surface area contributed by atoms with Crippen LogP contribution in [0.5, 0.6) is 0 Å². The average molecular weight is 276 g/mol. The van der Waals surface area contributed by atoms with Crippen molar-refractivity contribution in [1.29, 1.82) is 0 Å². The van der Waals surface area contributed by atoms with Gasteiger partial charge in [-0.25, -0.2) is 4.98 Å². The molecule has 110 valence electrons. The molecular weight excluding hydrogens is 252 g/mol. The number of aromatic amines is 1. The minimum atomic E-state index is -0.330. The molecule has 1 aromatic heterocycles. The van der Waals surface area contributed by atoms with Gasteiger partial charge < -0.3 is 9.88 Å². The Morgan fingerprint density at radius 3 is 2.85 bits per heavy atom. The fourth-order valence-corrected chi connectivity index (χ4v) is 3.51. The van der Waals surface area contributed by atoms with Crippen molar-refractivity contribution in [3.8, 4) is 0 Å². The standard InChI is InChI=1S/C15H24N4O/c1-2-3-11-19-13(12-16-9-10-17-12)18-15(14(19)20)7-5-4-6-8-15/h9-10,13,18H,2-8,11H2,1H3,(H,16,17). The predicted molar refractivity (Wildman–Crippen MR) is 76.9 cm³/mol. The van der Waals surface area contributed by atoms with Crippen LogP contribution in [-0.2, 0) is 4.79 Å². The first-order valence-electron chi connectivity index (χ1n) is 7.85. The number of nitrogens with one attached hydrogen (secondary N) is 2. The Kier molecular flexibility index (Phi) is 3.78. The van der Waals surface area contributed by atoms with E-state index in [2.05, 4.69) is 22.2 Å². The van der Waals surface area contributed by atoms with E-state index >= 15 is 0 Å². The van der Waals surface area contributed by atoms with Gasteiger partial charge in [0.1, 0.15) is 12.0 Å². The average Bonchev–Trinajstić information content (AvgIpc) is 3.08. The van der Waals surface area contributed by atoms with Crippen molar-refractivity contribution >= 4 is 5.91 Å². The van der Waals surface area contributed by atoms with Crippen molar-refractivity contribution in [1.82, 2.24) is 20.2 Å². The van der Waals surface area contributed by atoms with E-state index < -0.39 is 0 Å². The van der Waals surface area contributed by atoms with Gasteiger partial charge >= 0.3 is 0 Å². The minimum absolute atomic E-state index is 0.0813. The number of carbonyl (C=O) groups excluding carboxylic acids is 1. The Morgan fingerprint density at radius 2 is 2.20 bits per heavy atom. The first-order chi connectivity index (χ1) is 9.77. The van der Waals surface area contributed by atoms with E-state index in [1.807, 2.05) is 11.1 Å². The zero-order valence-electron chi connectivity index (χ0n) is 12.2. The van der Waals surface area contributed by atoms with Gasteiger partial charge in [-0.3, -0.25) is 10.1 Å². The van der Waals surface area contributed by atoms with Gasteiger partial charge in [0.2, 0.25) is 5.91 Å². The third-order valence-corrected chi connectivity index (χ3v) is 4.63. The highest BCUT2D eigenvalue weighted by atomic mass is 16.2. The van der Waals surface area contributed by atoms with Gasteiger partial charge in [-0.05, 0) is 19.3 Å². The molecule has 1 aliphatic heterocycles. The van der Waals surface area contributed by atoms with Gasteiger partial charge in [-0.2, -0.15) is 0 Å². The Labute approximate surface area is 120 Å². The second-order valence-electron chi connectivity index (χ2n) is 6.02. The van der Waals surface area contributed by atoms with Crippen LogP contribution in [0.25, 0.3) is 0 Å². The molecule has 2 heterocycles. The highest BCUT2D eigenvalue weighted by Gasteiger charge is 2.51. The van der Waals surface area contributed by atoms with Crippen molar-refractivity contribution in [2.45, 2.75) is 63.6 Å². The quantitative estimate of drug-likeness (QED) is 0.887. The van der Waals surface area contributed by atoms with Gasteiger partial charge in [0, 0.05) is 18.9 Å². The summed E-state index contributed by atoms with van der Waals surface area (Å²) in [5, 5.41) is 3.60. The molecule has 1 aliphatic carbocycles. The van der Waals surface area contributed by atoms with Gasteiger partial charge in [-0.15, -0.1) is 0 Å². The maximum Gasteiger partial charge on any atom is 0.244 e. The summed E-state index contributed by atoms with van der Waals surface area (Å²) in [6, 6.07) is 0. The van der Waals surface area contributed by atoms with E-state index in [0.29, 0.717) is 0 Å². The first kappa shape index (κ1) is 13.6. The first-order valence-corrected chi connectivity index (χ1v) is 7.85. The molecule has 0 bridgehead atoms. The zero-order valence-corrected chi connectivity index (χ0v) is 12.2. The lowest BCUT2D eigenvalue weighted by atomic mass is 9.81. The molecule has 1 saturated heterocycles. The van der Waals surface area contributed by atoms with Crippen LogP contribution in [0.1, 0.15) is 63.9 Å². The number of imidazole rings is 1. The zero-order chi connectivity index (χ0) is 14.0. The van der Waals surface area contributed by atoms with Crippen molar-refractivity contribution in [2.75, 3.05) is 6.54 Å². The normalized spacial score (nSPS) is 25.6. The Morgan fingerprint density at radius 1 is 1.40 bits per heavy atom. The molecule has 1 amide bonds. The van der Waals surface area contributed by atoms with Crippen molar-refractivity contribution in [2.24, 2.45) is 0 Å². The Hall–Kier alpha value is -1.36. The largest absolute Gasteiger partial charge is 0.346 e. The van der Waals surface area contributed by atoms with Crippen LogP contribution >= 0.6 is 0 Å². The Bertz CT molecular complexity index is 450. The van der Waals surface area contributed by atoms with Gasteiger partial charge in [0.15, 0.2) is 0 Å². The molecule has 0 radical (unpaired) electrons. The van der Waals surface area contributed by atoms with E-state index in [4.69, 9.17) is 0 Å². The van der Waals surface area contributed by atoms with Crippen LogP contribution in [0.15, 0.2) is 12.4 Å². The smallest absolute Gasteiger partial charge is 0.244 e. The lowest BCUT2D eigenvalue weighted by Gasteiger charge is -2.31. The number of unbranched alkanes of at least 4 members (excludes halogenated alkanes) is 1. The SMILES string of the molecule is CCCCN1C(=O)C2(CCCCC2)NC1c1ncc[nH]1. The van der Waals surface area contributed by atoms with Crippen molar-refractivity contribution < 1.29 is 4.79 Å². The molecule has 3 rings (SSSR count). The van der Waals surface area contributed by atoms with Crippen molar-refractivity contribution in [3.63, 3.8) is 0 Å². The summed E-state index contributed by atoms with van der Waals surface area (Å²) in [7, 11) is 0. The monoisotopic (exact) mass is 276 g/mol. The summed E-state index contributed by atoms with van der Waals surface area (Å²) in [6.45, 7) is 2.97. The molecule has 5 heteroatoms. The van der Waals surface area contributed by atoms with Crippen LogP contribution in [-0.4, -0.2) is 32.9 Å². The van der Waals surface area contributed by atoms with Crippen molar-refractivity contribution in [3.05, 3.63) is 18.2 Å². The van der Waals surface area contributed by atoms with Crippen LogP contribution in [0, 0.1) is 0 Å². The van der Waals surface area contributed by atoms with E-state index in [0.717, 1.165) is 50.9 Å². The molecule has 20 heavy (non-hydrogen) atoms. The minimum Gasteiger partial charge on any atom is -0.346 e. The second-order valence-corrected chi connectivity index (χ2v) is 6.02. The number of hydrogen-bond acceptors (Lipinski definition) is 3. The number of rotatable bonds is 4. The van der Waals surface area contributed by atoms with E-state index in [9.17, 15) is 4.79 Å². The molecule has 2 fully saturated rings. The lowest BCUT2D eigenvalue weighted by molar-refractivity contribution is -0.134. The highest BCUT2D eigenvalue weighted by molar-refractivity contribution is 5.89. The number of aromatic nitrogens is 2. The summed E-state index contributed by atoms with van der Waals surface area (Å²) in [4.78, 5) is 22.4. The molecule has 0 aromatic carbocycles. The summed E-state index contributed by atoms with van der Waals surface area (Å²) < 4.78 is 0. The molecule has 1 aromatic rings. The van der Waals surface area contributed by atoms with Gasteiger partial charge in [-0.1, -0.05) is 32.6 Å². The summed E-state index contributed by atoms with van der Waals surface area (Å²) in [5.41, 5.74) is -0.330. The predicted octanol–water partition coefficient (Wildman–Crippen LogP) is 2.34. The number of carbonyl (C=O) groups is 1. The summed E-state index contributed by atoms with van der Waals surface area (Å²) in [6.07, 6.45) is 11.1. The van der Waals surface area contributed by atoms with Gasteiger partial charge in [0.05, 0.1) is 5.54 Å². The molecule has 2 N–H and O–H groups in total. The molecule has 1 spiro atoms. The molecule has 1 unspecified atom stereocenters. The Balaban J connectivity index is 1.85. The number of amides is 1. The number of H-pyrrole nitrogens is 1. The molecule has 1 saturated carbocycles. The summed E-state index contributed by atoms with van der Waals surface area (Å²) >= 11 is 0. The lowest BCUT2D eigenvalue weighted by Crippen LogP contribution is -2.48. The number of nitrogens with zero attached hydrogens (tertiary/aromatic N) is 2. The topological polar surface area (TPSA) is 61.0 Å². The number of hydrogen-bond donors (Lipinski definition) is 2. The van der Waals surface area contributed by atoms with Crippen LogP contribution < -0.4 is 5.32 Å². The third-order valence-electron chi connectivity index (χ3n) is 4.63. The maximum absolute atomic E-state index is 12.9. The van der Waals surface area contributed by atoms with Crippen LogP contribution in [0.3, 0.4) is 0 Å². The molecular formula is C15H24N4O. The van der Waals surface area contributed by atoms with Crippen LogP contribution in [0.2, 0.25) is 0 Å². The molecule has 1 atom stereocenters. The second kappa shape index (κ2) is 5.56. The molecule has 2 aliphatic rings. The maximum atomic E-state index is 12.9. The van der Waals surface area contributed by atoms with E-state index in [-0.39, 0.29) is 17.6 Å². The molecule has 5 nitrogen and oxygen atoms in total. The third kappa shape index (κ3) is 2.24. The van der Waals surface area contributed by atoms with E-state index in [1.165, 1.54) is 6.42 Å². The fourth-order valence-electron chi connectivity index (χ4n) is 3.51. The summed E-state index contributed by atoms with van der Waals surface area (Å²) in [5.74, 6) is 1.14. The van der Waals surface area contributed by atoms with Crippen LogP contribution in [0.4, 0.5) is 0 Å². The highest BCUT2D eigenvalue weighted by Crippen LogP contribution is 2.39.